The molecule has 1 unspecified atom stereocenters. The van der Waals surface area contributed by atoms with Crippen LogP contribution in [0.1, 0.15) is 60.3 Å². The highest BCUT2D eigenvalue weighted by atomic mass is 35.5. The molecular weight excluding hydrogens is 492 g/mol. The summed E-state index contributed by atoms with van der Waals surface area (Å²) in [5, 5.41) is 30.3. The van der Waals surface area contributed by atoms with Gasteiger partial charge in [0.05, 0.1) is 24.4 Å². The van der Waals surface area contributed by atoms with Crippen LogP contribution in [0.3, 0.4) is 0 Å². The smallest absolute Gasteiger partial charge is 0.119 e. The van der Waals surface area contributed by atoms with Crippen molar-refractivity contribution in [2.24, 2.45) is 0 Å². The molecule has 0 aliphatic carbocycles. The molecule has 0 spiro atoms. The molecule has 5 rings (SSSR count). The van der Waals surface area contributed by atoms with Gasteiger partial charge in [0.15, 0.2) is 0 Å². The molecule has 0 saturated carbocycles. The van der Waals surface area contributed by atoms with Gasteiger partial charge in [0, 0.05) is 11.4 Å². The van der Waals surface area contributed by atoms with Gasteiger partial charge >= 0.3 is 0 Å². The number of halogens is 1. The number of fused-ring (bicyclic) bond motifs is 1. The van der Waals surface area contributed by atoms with E-state index in [-0.39, 0.29) is 24.7 Å². The van der Waals surface area contributed by atoms with Crippen LogP contribution >= 0.6 is 11.6 Å². The van der Waals surface area contributed by atoms with Crippen LogP contribution in [-0.2, 0) is 21.5 Å². The van der Waals surface area contributed by atoms with Gasteiger partial charge < -0.3 is 29.5 Å². The van der Waals surface area contributed by atoms with Gasteiger partial charge in [-0.15, -0.1) is 0 Å². The average Bonchev–Trinajstić information content (AvgIpc) is 3.16. The summed E-state index contributed by atoms with van der Waals surface area (Å²) >= 11 is 6.50. The van der Waals surface area contributed by atoms with E-state index >= 15 is 0 Å². The Labute approximate surface area is 222 Å². The summed E-state index contributed by atoms with van der Waals surface area (Å²) in [6, 6.07) is 21.9. The third kappa shape index (κ3) is 5.55. The summed E-state index contributed by atoms with van der Waals surface area (Å²) in [7, 11) is 0. The maximum absolute atomic E-state index is 10.2. The lowest BCUT2D eigenvalue weighted by molar-refractivity contribution is -0.181. The molecule has 5 atom stereocenters. The van der Waals surface area contributed by atoms with E-state index in [4.69, 9.17) is 25.8 Å². The topological polar surface area (TPSA) is 88.4 Å². The van der Waals surface area contributed by atoms with Gasteiger partial charge in [-0.2, -0.15) is 0 Å². The number of aliphatic hydroxyl groups is 3. The summed E-state index contributed by atoms with van der Waals surface area (Å²) in [6.45, 7) is 4.24. The Morgan fingerprint density at radius 3 is 2.54 bits per heavy atom. The van der Waals surface area contributed by atoms with Gasteiger partial charge in [0.1, 0.15) is 30.7 Å². The molecule has 3 aromatic carbocycles. The van der Waals surface area contributed by atoms with Crippen LogP contribution in [0.25, 0.3) is 0 Å². The quantitative estimate of drug-likeness (QED) is 0.409. The molecule has 196 valence electrons. The summed E-state index contributed by atoms with van der Waals surface area (Å²) in [5.74, 6) is 0.771. The second-order valence-corrected chi connectivity index (χ2v) is 10.7. The molecule has 0 radical (unpaired) electrons. The highest BCUT2D eigenvalue weighted by Crippen LogP contribution is 2.43. The number of aliphatic hydroxyl groups excluding tert-OH is 3. The third-order valence-electron chi connectivity index (χ3n) is 7.30. The van der Waals surface area contributed by atoms with Crippen molar-refractivity contribution in [1.82, 2.24) is 0 Å². The lowest BCUT2D eigenvalue weighted by Crippen LogP contribution is -2.47. The van der Waals surface area contributed by atoms with Crippen molar-refractivity contribution in [3.63, 3.8) is 0 Å². The minimum Gasteiger partial charge on any atom is -0.491 e. The Morgan fingerprint density at radius 2 is 1.78 bits per heavy atom. The lowest BCUT2D eigenvalue weighted by atomic mass is 9.92. The first-order chi connectivity index (χ1) is 17.7. The summed E-state index contributed by atoms with van der Waals surface area (Å²) in [6.07, 6.45) is -2.57. The monoisotopic (exact) mass is 524 g/mol. The predicted octanol–water partition coefficient (Wildman–Crippen LogP) is 4.86. The molecule has 1 saturated heterocycles. The molecule has 3 N–H and O–H groups in total. The minimum atomic E-state index is -1.10. The highest BCUT2D eigenvalue weighted by Gasteiger charge is 2.38. The van der Waals surface area contributed by atoms with Gasteiger partial charge in [-0.25, -0.2) is 0 Å². The first kappa shape index (κ1) is 26.2. The number of benzene rings is 3. The SMILES string of the molecule is CC1(C)OC(COc2ccc(Cc3cc([C@H]4C[C@@H](O)[C@H](O)[C@@H](CO)O4)ccc3Cl)cc2)c2ccccc21. The predicted molar refractivity (Wildman–Crippen MR) is 141 cm³/mol. The zero-order valence-electron chi connectivity index (χ0n) is 21.0. The van der Waals surface area contributed by atoms with E-state index in [1.54, 1.807) is 0 Å². The van der Waals surface area contributed by atoms with Gasteiger partial charge in [0.2, 0.25) is 0 Å². The summed E-state index contributed by atoms with van der Waals surface area (Å²) in [5.41, 5.74) is 4.90. The molecule has 6 nitrogen and oxygen atoms in total. The number of hydrogen-bond donors (Lipinski definition) is 3. The van der Waals surface area contributed by atoms with Gasteiger partial charge in [0.25, 0.3) is 0 Å². The Hall–Kier alpha value is -2.45. The Kier molecular flexibility index (Phi) is 7.59. The second-order valence-electron chi connectivity index (χ2n) is 10.3. The van der Waals surface area contributed by atoms with Crippen LogP contribution in [0.5, 0.6) is 5.75 Å². The number of rotatable bonds is 7. The Balaban J connectivity index is 1.23. The molecule has 37 heavy (non-hydrogen) atoms. The van der Waals surface area contributed by atoms with Crippen molar-refractivity contribution < 1.29 is 29.5 Å². The van der Waals surface area contributed by atoms with Crippen molar-refractivity contribution in [3.05, 3.63) is 99.6 Å². The fourth-order valence-corrected chi connectivity index (χ4v) is 5.46. The highest BCUT2D eigenvalue weighted by molar-refractivity contribution is 6.31. The second kappa shape index (κ2) is 10.7. The van der Waals surface area contributed by atoms with Crippen LogP contribution < -0.4 is 4.74 Å². The van der Waals surface area contributed by atoms with E-state index in [1.165, 1.54) is 11.1 Å². The van der Waals surface area contributed by atoms with Gasteiger partial charge in [-0.1, -0.05) is 60.1 Å². The zero-order chi connectivity index (χ0) is 26.2. The number of ether oxygens (including phenoxy) is 3. The molecule has 2 aliphatic heterocycles. The molecule has 0 amide bonds. The van der Waals surface area contributed by atoms with Crippen molar-refractivity contribution in [3.8, 4) is 5.75 Å². The number of hydrogen-bond acceptors (Lipinski definition) is 6. The van der Waals surface area contributed by atoms with Gasteiger partial charge in [-0.05, 0) is 66.3 Å². The van der Waals surface area contributed by atoms with Crippen LogP contribution in [0.2, 0.25) is 5.02 Å². The van der Waals surface area contributed by atoms with E-state index in [0.717, 1.165) is 22.4 Å². The Morgan fingerprint density at radius 1 is 1.03 bits per heavy atom. The van der Waals surface area contributed by atoms with E-state index in [0.29, 0.717) is 18.1 Å². The first-order valence-electron chi connectivity index (χ1n) is 12.6. The van der Waals surface area contributed by atoms with Crippen molar-refractivity contribution in [2.45, 2.75) is 62.8 Å². The molecule has 3 aromatic rings. The normalized spacial score (nSPS) is 26.6. The molecule has 0 bridgehead atoms. The van der Waals surface area contributed by atoms with E-state index in [2.05, 4.69) is 26.0 Å². The third-order valence-corrected chi connectivity index (χ3v) is 7.67. The molecule has 7 heteroatoms. The maximum atomic E-state index is 10.2. The van der Waals surface area contributed by atoms with Crippen molar-refractivity contribution >= 4 is 11.6 Å². The molecular formula is C30H33ClO6. The first-order valence-corrected chi connectivity index (χ1v) is 13.0. The summed E-state index contributed by atoms with van der Waals surface area (Å²) < 4.78 is 18.2. The lowest BCUT2D eigenvalue weighted by Gasteiger charge is -2.36. The average molecular weight is 525 g/mol. The van der Waals surface area contributed by atoms with Crippen molar-refractivity contribution in [1.29, 1.82) is 0 Å². The van der Waals surface area contributed by atoms with E-state index in [9.17, 15) is 15.3 Å². The van der Waals surface area contributed by atoms with Crippen LogP contribution in [0.4, 0.5) is 0 Å². The zero-order valence-corrected chi connectivity index (χ0v) is 21.8. The largest absolute Gasteiger partial charge is 0.491 e. The van der Waals surface area contributed by atoms with Crippen LogP contribution in [0, 0.1) is 0 Å². The molecule has 2 heterocycles. The van der Waals surface area contributed by atoms with Crippen LogP contribution in [0.15, 0.2) is 66.7 Å². The molecule has 2 aliphatic rings. The fraction of sp³-hybridized carbons (Fsp3) is 0.400. The summed E-state index contributed by atoms with van der Waals surface area (Å²) in [4.78, 5) is 0. The van der Waals surface area contributed by atoms with E-state index in [1.807, 2.05) is 54.6 Å². The maximum Gasteiger partial charge on any atom is 0.119 e. The standard InChI is InChI=1S/C30H33ClO6/c1-30(2)23-6-4-3-5-22(23)28(37-30)17-35-21-10-7-18(8-11-21)13-20-14-19(9-12-24(20)31)26-15-25(33)29(34)27(16-32)36-26/h3-12,14,25-29,32-34H,13,15-17H2,1-2H3/t25-,26-,27-,28?,29+/m1/s1. The molecule has 0 aromatic heterocycles. The molecule has 1 fully saturated rings. The van der Waals surface area contributed by atoms with Crippen molar-refractivity contribution in [2.75, 3.05) is 13.2 Å². The Bertz CT molecular complexity index is 1230. The minimum absolute atomic E-state index is 0.112. The van der Waals surface area contributed by atoms with Crippen LogP contribution in [-0.4, -0.2) is 46.8 Å². The van der Waals surface area contributed by atoms with E-state index < -0.39 is 24.4 Å². The van der Waals surface area contributed by atoms with Gasteiger partial charge in [-0.3, -0.25) is 0 Å². The fourth-order valence-electron chi connectivity index (χ4n) is 5.28.